The number of carbonyl (C=O) groups is 2. The molecule has 6 nitrogen and oxygen atoms in total. The lowest BCUT2D eigenvalue weighted by Crippen LogP contribution is -2.42. The second-order valence-corrected chi connectivity index (χ2v) is 5.27. The minimum absolute atomic E-state index is 0.0540. The molecule has 0 unspecified atom stereocenters. The number of carboxylic acid groups (broad SMARTS) is 1. The zero-order valence-electron chi connectivity index (χ0n) is 12.5. The zero-order valence-corrected chi connectivity index (χ0v) is 12.5. The van der Waals surface area contributed by atoms with E-state index >= 15 is 0 Å². The number of nitrogens with one attached hydrogen (secondary N) is 1. The number of carboxylic acids is 1. The maximum absolute atomic E-state index is 11.9. The van der Waals surface area contributed by atoms with E-state index in [9.17, 15) is 14.7 Å². The normalized spacial score (nSPS) is 16.9. The molecule has 0 spiro atoms. The minimum Gasteiger partial charge on any atom is -0.481 e. The van der Waals surface area contributed by atoms with E-state index in [-0.39, 0.29) is 12.3 Å². The third-order valence-corrected chi connectivity index (χ3v) is 4.16. The summed E-state index contributed by atoms with van der Waals surface area (Å²) in [4.78, 5) is 25.5. The van der Waals surface area contributed by atoms with Crippen LogP contribution in [0.5, 0.6) is 0 Å². The van der Waals surface area contributed by atoms with Crippen LogP contribution in [0, 0.1) is 5.41 Å². The third-order valence-electron chi connectivity index (χ3n) is 4.16. The van der Waals surface area contributed by atoms with Crippen molar-refractivity contribution in [2.75, 3.05) is 39.4 Å². The van der Waals surface area contributed by atoms with Crippen LogP contribution < -0.4 is 5.32 Å². The highest BCUT2D eigenvalue weighted by Gasteiger charge is 2.36. The number of aliphatic carboxylic acids is 1. The van der Waals surface area contributed by atoms with Gasteiger partial charge in [0.1, 0.15) is 0 Å². The number of nitrogens with zero attached hydrogens (tertiary/aromatic N) is 1. The number of rotatable bonds is 8. The van der Waals surface area contributed by atoms with Crippen LogP contribution in [-0.4, -0.2) is 61.3 Å². The summed E-state index contributed by atoms with van der Waals surface area (Å²) >= 11 is 0. The summed E-state index contributed by atoms with van der Waals surface area (Å²) in [6, 6.07) is 0. The Morgan fingerprint density at radius 1 is 1.25 bits per heavy atom. The summed E-state index contributed by atoms with van der Waals surface area (Å²) in [6.45, 7) is 8.23. The van der Waals surface area contributed by atoms with E-state index in [1.165, 1.54) is 0 Å². The Hall–Kier alpha value is -1.14. The Morgan fingerprint density at radius 2 is 1.85 bits per heavy atom. The van der Waals surface area contributed by atoms with Crippen molar-refractivity contribution >= 4 is 11.9 Å². The zero-order chi connectivity index (χ0) is 15.0. The van der Waals surface area contributed by atoms with Crippen LogP contribution in [-0.2, 0) is 14.3 Å². The van der Waals surface area contributed by atoms with E-state index in [1.54, 1.807) is 0 Å². The lowest BCUT2D eigenvalue weighted by molar-refractivity contribution is -0.152. The Kier molecular flexibility index (Phi) is 6.95. The molecule has 1 saturated heterocycles. The molecular weight excluding hydrogens is 260 g/mol. The number of carbonyl (C=O) groups excluding carboxylic acids is 1. The smallest absolute Gasteiger partial charge is 0.310 e. The number of amides is 1. The van der Waals surface area contributed by atoms with Gasteiger partial charge in [-0.25, -0.2) is 0 Å². The summed E-state index contributed by atoms with van der Waals surface area (Å²) < 4.78 is 5.25. The van der Waals surface area contributed by atoms with Crippen molar-refractivity contribution in [3.8, 4) is 0 Å². The van der Waals surface area contributed by atoms with Gasteiger partial charge in [-0.3, -0.25) is 14.5 Å². The first-order chi connectivity index (χ1) is 9.54. The maximum atomic E-state index is 11.9. The summed E-state index contributed by atoms with van der Waals surface area (Å²) in [5, 5.41) is 12.1. The molecule has 1 fully saturated rings. The molecule has 1 rings (SSSR count). The van der Waals surface area contributed by atoms with Gasteiger partial charge in [-0.1, -0.05) is 13.8 Å². The lowest BCUT2D eigenvalue weighted by atomic mass is 9.79. The summed E-state index contributed by atoms with van der Waals surface area (Å²) in [6.07, 6.45) is 0.990. The first-order valence-corrected chi connectivity index (χ1v) is 7.34. The molecule has 1 aliphatic heterocycles. The lowest BCUT2D eigenvalue weighted by Gasteiger charge is -2.28. The van der Waals surface area contributed by atoms with Gasteiger partial charge in [-0.2, -0.15) is 0 Å². The quantitative estimate of drug-likeness (QED) is 0.687. The van der Waals surface area contributed by atoms with Gasteiger partial charge >= 0.3 is 5.97 Å². The average Bonchev–Trinajstić information content (AvgIpc) is 2.45. The highest BCUT2D eigenvalue weighted by atomic mass is 16.5. The van der Waals surface area contributed by atoms with Crippen molar-refractivity contribution < 1.29 is 19.4 Å². The van der Waals surface area contributed by atoms with Crippen LogP contribution in [0.4, 0.5) is 0 Å². The molecule has 0 aromatic heterocycles. The molecule has 1 amide bonds. The Labute approximate surface area is 120 Å². The predicted molar refractivity (Wildman–Crippen MR) is 75.5 cm³/mol. The second-order valence-electron chi connectivity index (χ2n) is 5.27. The number of hydrogen-bond acceptors (Lipinski definition) is 4. The molecule has 0 aromatic rings. The molecule has 0 radical (unpaired) electrons. The molecule has 0 aliphatic carbocycles. The summed E-state index contributed by atoms with van der Waals surface area (Å²) in [5.41, 5.74) is -0.928. The van der Waals surface area contributed by atoms with Gasteiger partial charge in [0.05, 0.1) is 18.6 Å². The number of morpholine rings is 1. The van der Waals surface area contributed by atoms with Gasteiger partial charge in [0.2, 0.25) is 5.91 Å². The monoisotopic (exact) mass is 286 g/mol. The highest BCUT2D eigenvalue weighted by Crippen LogP contribution is 2.30. The predicted octanol–water partition coefficient (Wildman–Crippen LogP) is 0.716. The molecule has 1 heterocycles. The van der Waals surface area contributed by atoms with Crippen molar-refractivity contribution in [1.82, 2.24) is 10.2 Å². The standard InChI is InChI=1S/C14H26N2O4/c1-3-14(4-2,13(18)19)11-12(17)15-5-6-16-7-9-20-10-8-16/h3-11H2,1-2H3,(H,15,17)(H,18,19). The minimum atomic E-state index is -0.928. The molecule has 20 heavy (non-hydrogen) atoms. The van der Waals surface area contributed by atoms with Gasteiger partial charge in [-0.05, 0) is 12.8 Å². The van der Waals surface area contributed by atoms with E-state index < -0.39 is 11.4 Å². The van der Waals surface area contributed by atoms with Crippen LogP contribution >= 0.6 is 0 Å². The van der Waals surface area contributed by atoms with Crippen molar-refractivity contribution in [3.05, 3.63) is 0 Å². The van der Waals surface area contributed by atoms with E-state index in [0.29, 0.717) is 19.4 Å². The maximum Gasteiger partial charge on any atom is 0.310 e. The first-order valence-electron chi connectivity index (χ1n) is 7.34. The van der Waals surface area contributed by atoms with Gasteiger partial charge in [0.15, 0.2) is 0 Å². The molecule has 2 N–H and O–H groups in total. The van der Waals surface area contributed by atoms with Crippen molar-refractivity contribution in [2.45, 2.75) is 33.1 Å². The highest BCUT2D eigenvalue weighted by molar-refractivity contribution is 5.84. The van der Waals surface area contributed by atoms with Crippen LogP contribution in [0.2, 0.25) is 0 Å². The molecule has 6 heteroatoms. The fraction of sp³-hybridized carbons (Fsp3) is 0.857. The van der Waals surface area contributed by atoms with Crippen LogP contribution in [0.1, 0.15) is 33.1 Å². The van der Waals surface area contributed by atoms with Gasteiger partial charge < -0.3 is 15.2 Å². The van der Waals surface area contributed by atoms with Gasteiger partial charge in [0.25, 0.3) is 0 Å². The second kappa shape index (κ2) is 8.21. The van der Waals surface area contributed by atoms with E-state index in [4.69, 9.17) is 4.74 Å². The molecule has 0 atom stereocenters. The molecule has 0 saturated carbocycles. The number of ether oxygens (including phenoxy) is 1. The van der Waals surface area contributed by atoms with Crippen molar-refractivity contribution in [2.24, 2.45) is 5.41 Å². The number of hydrogen-bond donors (Lipinski definition) is 2. The molecule has 0 bridgehead atoms. The average molecular weight is 286 g/mol. The molecule has 116 valence electrons. The van der Waals surface area contributed by atoms with E-state index in [1.807, 2.05) is 13.8 Å². The third kappa shape index (κ3) is 4.76. The molecular formula is C14H26N2O4. The van der Waals surface area contributed by atoms with Gasteiger partial charge in [0, 0.05) is 32.6 Å². The molecule has 0 aromatic carbocycles. The van der Waals surface area contributed by atoms with Crippen LogP contribution in [0.15, 0.2) is 0 Å². The van der Waals surface area contributed by atoms with E-state index in [0.717, 1.165) is 32.8 Å². The van der Waals surface area contributed by atoms with Crippen LogP contribution in [0.3, 0.4) is 0 Å². The Morgan fingerprint density at radius 3 is 2.35 bits per heavy atom. The van der Waals surface area contributed by atoms with E-state index in [2.05, 4.69) is 10.2 Å². The summed E-state index contributed by atoms with van der Waals surface area (Å²) in [5.74, 6) is -1.06. The topological polar surface area (TPSA) is 78.9 Å². The Balaban J connectivity index is 2.32. The summed E-state index contributed by atoms with van der Waals surface area (Å²) in [7, 11) is 0. The fourth-order valence-electron chi connectivity index (χ4n) is 2.43. The molecule has 1 aliphatic rings. The van der Waals surface area contributed by atoms with Crippen molar-refractivity contribution in [3.63, 3.8) is 0 Å². The van der Waals surface area contributed by atoms with Crippen molar-refractivity contribution in [1.29, 1.82) is 0 Å². The Bertz CT molecular complexity index is 323. The SMILES string of the molecule is CCC(CC)(CC(=O)NCCN1CCOCC1)C(=O)O. The largest absolute Gasteiger partial charge is 0.481 e. The van der Waals surface area contributed by atoms with Crippen LogP contribution in [0.25, 0.3) is 0 Å². The van der Waals surface area contributed by atoms with Gasteiger partial charge in [-0.15, -0.1) is 0 Å². The fourth-order valence-corrected chi connectivity index (χ4v) is 2.43. The first kappa shape index (κ1) is 16.9.